The number of hydrogen-bond acceptors (Lipinski definition) is 4. The molecule has 0 saturated heterocycles. The van der Waals surface area contributed by atoms with Crippen molar-refractivity contribution in [3.05, 3.63) is 46.7 Å². The summed E-state index contributed by atoms with van der Waals surface area (Å²) < 4.78 is 5.40. The predicted octanol–water partition coefficient (Wildman–Crippen LogP) is 2.55. The van der Waals surface area contributed by atoms with E-state index in [1.165, 1.54) is 18.5 Å². The van der Waals surface area contributed by atoms with Gasteiger partial charge in [0.2, 0.25) is 0 Å². The highest BCUT2D eigenvalue weighted by Gasteiger charge is 2.19. The van der Waals surface area contributed by atoms with E-state index in [0.717, 1.165) is 5.56 Å². The van der Waals surface area contributed by atoms with Crippen LogP contribution in [0.5, 0.6) is 0 Å². The first kappa shape index (κ1) is 13.8. The first-order chi connectivity index (χ1) is 9.40. The lowest BCUT2D eigenvalue weighted by atomic mass is 10.1. The Labute approximate surface area is 115 Å². The van der Waals surface area contributed by atoms with Crippen molar-refractivity contribution in [3.8, 4) is 0 Å². The average Bonchev–Trinajstić information content (AvgIpc) is 2.63. The van der Waals surface area contributed by atoms with Crippen LogP contribution in [-0.4, -0.2) is 22.0 Å². The summed E-state index contributed by atoms with van der Waals surface area (Å²) in [6.07, 6.45) is 2.61. The van der Waals surface area contributed by atoms with E-state index in [-0.39, 0.29) is 11.5 Å². The Morgan fingerprint density at radius 3 is 2.45 bits per heavy atom. The summed E-state index contributed by atoms with van der Waals surface area (Å²) in [4.78, 5) is 26.8. The molecule has 0 aromatic carbocycles. The molecule has 2 N–H and O–H groups in total. The van der Waals surface area contributed by atoms with Gasteiger partial charge in [0.25, 0.3) is 5.91 Å². The smallest absolute Gasteiger partial charge is 0.337 e. The van der Waals surface area contributed by atoms with Crippen molar-refractivity contribution in [1.29, 1.82) is 0 Å². The number of pyridine rings is 1. The van der Waals surface area contributed by atoms with Crippen molar-refractivity contribution in [1.82, 2.24) is 4.98 Å². The van der Waals surface area contributed by atoms with E-state index in [9.17, 15) is 9.59 Å². The van der Waals surface area contributed by atoms with E-state index in [1.807, 2.05) is 0 Å². The van der Waals surface area contributed by atoms with Gasteiger partial charge in [0, 0.05) is 11.8 Å². The van der Waals surface area contributed by atoms with E-state index in [4.69, 9.17) is 9.52 Å². The Hall–Kier alpha value is -2.63. The molecule has 0 fully saturated rings. The minimum absolute atomic E-state index is 0.0135. The molecule has 2 rings (SSSR count). The molecule has 0 atom stereocenters. The fourth-order valence-electron chi connectivity index (χ4n) is 1.95. The fraction of sp³-hybridized carbons (Fsp3) is 0.214. The minimum Gasteiger partial charge on any atom is -0.478 e. The van der Waals surface area contributed by atoms with Gasteiger partial charge in [0.15, 0.2) is 0 Å². The largest absolute Gasteiger partial charge is 0.478 e. The molecule has 2 aromatic rings. The molecule has 0 unspecified atom stereocenters. The molecular formula is C14H14N2O4. The lowest BCUT2D eigenvalue weighted by molar-refractivity contribution is 0.0696. The molecule has 2 aromatic heterocycles. The normalized spacial score (nSPS) is 10.3. The molecule has 1 amide bonds. The number of nitrogens with zero attached hydrogens (tertiary/aromatic N) is 1. The molecule has 0 aliphatic carbocycles. The van der Waals surface area contributed by atoms with Gasteiger partial charge in [-0.25, -0.2) is 4.79 Å². The van der Waals surface area contributed by atoms with Crippen LogP contribution < -0.4 is 5.32 Å². The maximum atomic E-state index is 12.2. The molecule has 0 aliphatic rings. The van der Waals surface area contributed by atoms with Crippen LogP contribution in [0.2, 0.25) is 0 Å². The Balaban J connectivity index is 2.28. The number of nitrogens with one attached hydrogen (secondary N) is 1. The van der Waals surface area contributed by atoms with E-state index in [2.05, 4.69) is 10.3 Å². The molecule has 104 valence electrons. The topological polar surface area (TPSA) is 92.4 Å². The van der Waals surface area contributed by atoms with Gasteiger partial charge < -0.3 is 14.8 Å². The predicted molar refractivity (Wildman–Crippen MR) is 72.1 cm³/mol. The highest BCUT2D eigenvalue weighted by Crippen LogP contribution is 2.22. The van der Waals surface area contributed by atoms with Crippen molar-refractivity contribution in [2.45, 2.75) is 20.8 Å². The zero-order valence-electron chi connectivity index (χ0n) is 11.4. The van der Waals surface area contributed by atoms with Crippen molar-refractivity contribution in [2.75, 3.05) is 5.32 Å². The highest BCUT2D eigenvalue weighted by molar-refractivity contribution is 6.06. The van der Waals surface area contributed by atoms with Gasteiger partial charge in [-0.1, -0.05) is 0 Å². The van der Waals surface area contributed by atoms with E-state index >= 15 is 0 Å². The quantitative estimate of drug-likeness (QED) is 0.897. The summed E-state index contributed by atoms with van der Waals surface area (Å²) in [6, 6.07) is 1.35. The second kappa shape index (κ2) is 5.16. The molecule has 0 saturated carbocycles. The number of aromatic nitrogens is 1. The SMILES string of the molecule is Cc1oc(C)c(C(=O)Nc2cncc(C(=O)O)c2)c1C. The molecule has 0 spiro atoms. The number of rotatable bonds is 3. The first-order valence-electron chi connectivity index (χ1n) is 5.96. The molecule has 6 heteroatoms. The Kier molecular flexibility index (Phi) is 3.56. The zero-order valence-corrected chi connectivity index (χ0v) is 11.4. The first-order valence-corrected chi connectivity index (χ1v) is 5.96. The number of furan rings is 1. The van der Waals surface area contributed by atoms with Crippen LogP contribution in [0.15, 0.2) is 22.9 Å². The van der Waals surface area contributed by atoms with Crippen LogP contribution in [0, 0.1) is 20.8 Å². The van der Waals surface area contributed by atoms with Gasteiger partial charge in [-0.2, -0.15) is 0 Å². The van der Waals surface area contributed by atoms with E-state index in [1.54, 1.807) is 20.8 Å². The second-order valence-electron chi connectivity index (χ2n) is 4.44. The number of aryl methyl sites for hydroxylation is 2. The molecule has 0 radical (unpaired) electrons. The maximum Gasteiger partial charge on any atom is 0.337 e. The number of hydrogen-bond donors (Lipinski definition) is 2. The van der Waals surface area contributed by atoms with Crippen molar-refractivity contribution >= 4 is 17.6 Å². The lowest BCUT2D eigenvalue weighted by Crippen LogP contribution is -2.14. The number of carboxylic acids is 1. The maximum absolute atomic E-state index is 12.2. The number of carbonyl (C=O) groups excluding carboxylic acids is 1. The summed E-state index contributed by atoms with van der Waals surface area (Å²) in [5, 5.41) is 11.5. The third-order valence-corrected chi connectivity index (χ3v) is 3.03. The van der Waals surface area contributed by atoms with Crippen molar-refractivity contribution < 1.29 is 19.1 Å². The Morgan fingerprint density at radius 2 is 1.90 bits per heavy atom. The molecule has 2 heterocycles. The highest BCUT2D eigenvalue weighted by atomic mass is 16.4. The molecule has 0 bridgehead atoms. The van der Waals surface area contributed by atoms with Gasteiger partial charge in [-0.15, -0.1) is 0 Å². The monoisotopic (exact) mass is 274 g/mol. The van der Waals surface area contributed by atoms with Gasteiger partial charge in [0.05, 0.1) is 23.0 Å². The Morgan fingerprint density at radius 1 is 1.20 bits per heavy atom. The molecular weight excluding hydrogens is 260 g/mol. The van der Waals surface area contributed by atoms with Crippen LogP contribution in [0.3, 0.4) is 0 Å². The number of aromatic carboxylic acids is 1. The second-order valence-corrected chi connectivity index (χ2v) is 4.44. The minimum atomic E-state index is -1.10. The van der Waals surface area contributed by atoms with Crippen LogP contribution in [0.1, 0.15) is 37.8 Å². The third-order valence-electron chi connectivity index (χ3n) is 3.03. The standard InChI is InChI=1S/C14H14N2O4/c1-7-8(2)20-9(3)12(7)13(17)16-11-4-10(14(18)19)5-15-6-11/h4-6H,1-3H3,(H,16,17)(H,18,19). The van der Waals surface area contributed by atoms with Crippen LogP contribution in [0.25, 0.3) is 0 Å². The average molecular weight is 274 g/mol. The fourth-order valence-corrected chi connectivity index (χ4v) is 1.95. The van der Waals surface area contributed by atoms with Crippen molar-refractivity contribution in [3.63, 3.8) is 0 Å². The number of anilines is 1. The summed E-state index contributed by atoms with van der Waals surface area (Å²) in [5.41, 5.74) is 1.57. The number of carbonyl (C=O) groups is 2. The molecule has 20 heavy (non-hydrogen) atoms. The number of carboxylic acid groups (broad SMARTS) is 1. The summed E-state index contributed by atoms with van der Waals surface area (Å²) in [6.45, 7) is 5.29. The van der Waals surface area contributed by atoms with Crippen LogP contribution in [-0.2, 0) is 0 Å². The lowest BCUT2D eigenvalue weighted by Gasteiger charge is -2.05. The summed E-state index contributed by atoms with van der Waals surface area (Å²) in [7, 11) is 0. The van der Waals surface area contributed by atoms with E-state index < -0.39 is 5.97 Å². The van der Waals surface area contributed by atoms with E-state index in [0.29, 0.717) is 22.8 Å². The summed E-state index contributed by atoms with van der Waals surface area (Å²) in [5.74, 6) is -0.230. The number of amides is 1. The summed E-state index contributed by atoms with van der Waals surface area (Å²) >= 11 is 0. The van der Waals surface area contributed by atoms with Crippen LogP contribution >= 0.6 is 0 Å². The van der Waals surface area contributed by atoms with Crippen molar-refractivity contribution in [2.24, 2.45) is 0 Å². The van der Waals surface area contributed by atoms with Gasteiger partial charge in [-0.05, 0) is 26.8 Å². The van der Waals surface area contributed by atoms with Gasteiger partial charge in [0.1, 0.15) is 11.5 Å². The Bertz CT molecular complexity index is 688. The zero-order chi connectivity index (χ0) is 14.9. The van der Waals surface area contributed by atoms with Crippen LogP contribution in [0.4, 0.5) is 5.69 Å². The third kappa shape index (κ3) is 2.54. The molecule has 0 aliphatic heterocycles. The van der Waals surface area contributed by atoms with Gasteiger partial charge >= 0.3 is 5.97 Å². The van der Waals surface area contributed by atoms with Gasteiger partial charge in [-0.3, -0.25) is 9.78 Å². The molecule has 6 nitrogen and oxygen atoms in total.